The Labute approximate surface area is 191 Å². The number of amides is 1. The standard InChI is InChI=1S/C24H33NO6S/c1-16-8-9-18(12-17(16)2)19(10-11-32(7,27)28)15-25(3)24(26)20-13-21(29-4)23(31-6)22(14-20)30-5/h8-9,12-14,19H,10-11,15H2,1-7H3. The second-order valence-electron chi connectivity index (χ2n) is 8.06. The SMILES string of the molecule is COc1cc(C(=O)N(C)CC(CCS(C)(=O)=O)c2ccc(C)c(C)c2)cc(OC)c1OC. The van der Waals surface area contributed by atoms with E-state index in [4.69, 9.17) is 14.2 Å². The molecule has 2 rings (SSSR count). The third-order valence-corrected chi connectivity index (χ3v) is 6.57. The van der Waals surface area contributed by atoms with Gasteiger partial charge >= 0.3 is 0 Å². The molecule has 0 aliphatic carbocycles. The fraction of sp³-hybridized carbons (Fsp3) is 0.458. The minimum Gasteiger partial charge on any atom is -0.493 e. The number of hydrogen-bond donors (Lipinski definition) is 0. The lowest BCUT2D eigenvalue weighted by Crippen LogP contribution is -2.32. The molecule has 7 nitrogen and oxygen atoms in total. The molecule has 0 aliphatic rings. The molecule has 0 aliphatic heterocycles. The summed E-state index contributed by atoms with van der Waals surface area (Å²) in [6.45, 7) is 4.43. The lowest BCUT2D eigenvalue weighted by Gasteiger charge is -2.26. The summed E-state index contributed by atoms with van der Waals surface area (Å²) in [7, 11) is 3.07. The normalized spacial score (nSPS) is 12.2. The van der Waals surface area contributed by atoms with Crippen LogP contribution in [0.25, 0.3) is 0 Å². The molecule has 1 atom stereocenters. The van der Waals surface area contributed by atoms with E-state index in [2.05, 4.69) is 6.07 Å². The number of ether oxygens (including phenoxy) is 3. The van der Waals surface area contributed by atoms with Crippen molar-refractivity contribution in [2.45, 2.75) is 26.2 Å². The predicted molar refractivity (Wildman–Crippen MR) is 126 cm³/mol. The lowest BCUT2D eigenvalue weighted by atomic mass is 9.93. The average molecular weight is 464 g/mol. The van der Waals surface area contributed by atoms with Crippen molar-refractivity contribution in [2.75, 3.05) is 46.9 Å². The second-order valence-corrected chi connectivity index (χ2v) is 10.3. The predicted octanol–water partition coefficient (Wildman–Crippen LogP) is 3.62. The van der Waals surface area contributed by atoms with E-state index in [9.17, 15) is 13.2 Å². The zero-order valence-electron chi connectivity index (χ0n) is 19.9. The Hall–Kier alpha value is -2.74. The molecule has 2 aromatic carbocycles. The number of aryl methyl sites for hydroxylation is 2. The largest absolute Gasteiger partial charge is 0.493 e. The molecule has 8 heteroatoms. The lowest BCUT2D eigenvalue weighted by molar-refractivity contribution is 0.0784. The third-order valence-electron chi connectivity index (χ3n) is 5.59. The summed E-state index contributed by atoms with van der Waals surface area (Å²) < 4.78 is 39.7. The second kappa shape index (κ2) is 10.7. The Morgan fingerprint density at radius 1 is 0.969 bits per heavy atom. The maximum Gasteiger partial charge on any atom is 0.253 e. The first-order chi connectivity index (χ1) is 15.0. The van der Waals surface area contributed by atoms with Gasteiger partial charge in [-0.2, -0.15) is 0 Å². The summed E-state index contributed by atoms with van der Waals surface area (Å²) in [6, 6.07) is 9.33. The molecule has 1 amide bonds. The van der Waals surface area contributed by atoms with E-state index in [1.807, 2.05) is 26.0 Å². The van der Waals surface area contributed by atoms with Crippen molar-refractivity contribution in [1.29, 1.82) is 0 Å². The van der Waals surface area contributed by atoms with Crippen molar-refractivity contribution in [3.8, 4) is 17.2 Å². The quantitative estimate of drug-likeness (QED) is 0.535. The number of methoxy groups -OCH3 is 3. The first kappa shape index (κ1) is 25.5. The summed E-state index contributed by atoms with van der Waals surface area (Å²) in [5.41, 5.74) is 3.70. The van der Waals surface area contributed by atoms with Crippen LogP contribution >= 0.6 is 0 Å². The van der Waals surface area contributed by atoms with Crippen molar-refractivity contribution >= 4 is 15.7 Å². The van der Waals surface area contributed by atoms with E-state index >= 15 is 0 Å². The number of likely N-dealkylation sites (N-methyl/N-ethyl adjacent to an activating group) is 1. The van der Waals surface area contributed by atoms with E-state index in [1.165, 1.54) is 27.6 Å². The number of nitrogens with zero attached hydrogens (tertiary/aromatic N) is 1. The van der Waals surface area contributed by atoms with Gasteiger partial charge in [0, 0.05) is 31.3 Å². The minimum absolute atomic E-state index is 0.0524. The Kier molecular flexibility index (Phi) is 8.55. The van der Waals surface area contributed by atoms with Crippen LogP contribution in [0.4, 0.5) is 0 Å². The van der Waals surface area contributed by atoms with Crippen molar-refractivity contribution in [3.63, 3.8) is 0 Å². The first-order valence-electron chi connectivity index (χ1n) is 10.3. The summed E-state index contributed by atoms with van der Waals surface area (Å²) in [5.74, 6) is 0.905. The third kappa shape index (κ3) is 6.38. The van der Waals surface area contributed by atoms with Gasteiger partial charge < -0.3 is 19.1 Å². The van der Waals surface area contributed by atoms with Gasteiger partial charge in [-0.15, -0.1) is 0 Å². The summed E-state index contributed by atoms with van der Waals surface area (Å²) in [6.07, 6.45) is 1.66. The maximum atomic E-state index is 13.2. The molecular weight excluding hydrogens is 430 g/mol. The first-order valence-corrected chi connectivity index (χ1v) is 12.4. The highest BCUT2D eigenvalue weighted by Gasteiger charge is 2.23. The zero-order valence-corrected chi connectivity index (χ0v) is 20.7. The molecule has 0 saturated carbocycles. The molecule has 0 bridgehead atoms. The van der Waals surface area contributed by atoms with E-state index in [1.54, 1.807) is 24.1 Å². The maximum absolute atomic E-state index is 13.2. The minimum atomic E-state index is -3.13. The highest BCUT2D eigenvalue weighted by molar-refractivity contribution is 7.90. The molecular formula is C24H33NO6S. The summed E-state index contributed by atoms with van der Waals surface area (Å²) in [4.78, 5) is 14.8. The number of hydrogen-bond acceptors (Lipinski definition) is 6. The number of carbonyl (C=O) groups excluding carboxylic acids is 1. The van der Waals surface area contributed by atoms with Crippen LogP contribution in [0, 0.1) is 13.8 Å². The Bertz CT molecular complexity index is 1040. The van der Waals surface area contributed by atoms with E-state index in [-0.39, 0.29) is 17.6 Å². The van der Waals surface area contributed by atoms with Crippen LogP contribution in [-0.2, 0) is 9.84 Å². The zero-order chi connectivity index (χ0) is 24.1. The van der Waals surface area contributed by atoms with Gasteiger partial charge in [-0.1, -0.05) is 18.2 Å². The van der Waals surface area contributed by atoms with Crippen molar-refractivity contribution in [1.82, 2.24) is 4.90 Å². The van der Waals surface area contributed by atoms with Crippen LogP contribution in [0.2, 0.25) is 0 Å². The van der Waals surface area contributed by atoms with Crippen LogP contribution in [0.15, 0.2) is 30.3 Å². The molecule has 176 valence electrons. The molecule has 0 aromatic heterocycles. The average Bonchev–Trinajstić information content (AvgIpc) is 2.75. The van der Waals surface area contributed by atoms with Gasteiger partial charge in [-0.05, 0) is 49.1 Å². The monoisotopic (exact) mass is 463 g/mol. The smallest absolute Gasteiger partial charge is 0.253 e. The Balaban J connectivity index is 2.34. The molecule has 0 saturated heterocycles. The van der Waals surface area contributed by atoms with Gasteiger partial charge in [0.15, 0.2) is 11.5 Å². The Morgan fingerprint density at radius 2 is 1.56 bits per heavy atom. The van der Waals surface area contributed by atoms with E-state index in [0.717, 1.165) is 16.7 Å². The van der Waals surface area contributed by atoms with Gasteiger partial charge in [0.2, 0.25) is 5.75 Å². The number of benzene rings is 2. The fourth-order valence-corrected chi connectivity index (χ4v) is 4.29. The highest BCUT2D eigenvalue weighted by Crippen LogP contribution is 2.38. The van der Waals surface area contributed by atoms with Gasteiger partial charge in [0.1, 0.15) is 9.84 Å². The Morgan fingerprint density at radius 3 is 2.03 bits per heavy atom. The van der Waals surface area contributed by atoms with Crippen LogP contribution in [-0.4, -0.2) is 66.2 Å². The van der Waals surface area contributed by atoms with Gasteiger partial charge in [0.05, 0.1) is 27.1 Å². The van der Waals surface area contributed by atoms with Crippen molar-refractivity contribution in [3.05, 3.63) is 52.6 Å². The molecule has 1 unspecified atom stereocenters. The molecule has 0 heterocycles. The number of sulfone groups is 1. The van der Waals surface area contributed by atoms with Crippen molar-refractivity contribution in [2.24, 2.45) is 0 Å². The van der Waals surface area contributed by atoms with E-state index < -0.39 is 9.84 Å². The fourth-order valence-electron chi connectivity index (χ4n) is 3.58. The molecule has 0 spiro atoms. The molecule has 0 N–H and O–H groups in total. The van der Waals surface area contributed by atoms with E-state index in [0.29, 0.717) is 35.8 Å². The molecule has 0 fully saturated rings. The van der Waals surface area contributed by atoms with Crippen LogP contribution < -0.4 is 14.2 Å². The number of carbonyl (C=O) groups is 1. The van der Waals surface area contributed by atoms with Crippen LogP contribution in [0.3, 0.4) is 0 Å². The topological polar surface area (TPSA) is 82.1 Å². The number of rotatable bonds is 10. The highest BCUT2D eigenvalue weighted by atomic mass is 32.2. The molecule has 2 aromatic rings. The van der Waals surface area contributed by atoms with Gasteiger partial charge in [-0.3, -0.25) is 4.79 Å². The molecule has 32 heavy (non-hydrogen) atoms. The van der Waals surface area contributed by atoms with Crippen LogP contribution in [0.1, 0.15) is 39.4 Å². The molecule has 0 radical (unpaired) electrons. The van der Waals surface area contributed by atoms with Crippen LogP contribution in [0.5, 0.6) is 17.2 Å². The summed E-state index contributed by atoms with van der Waals surface area (Å²) >= 11 is 0. The van der Waals surface area contributed by atoms with Gasteiger partial charge in [-0.25, -0.2) is 8.42 Å². The van der Waals surface area contributed by atoms with Gasteiger partial charge in [0.25, 0.3) is 5.91 Å². The van der Waals surface area contributed by atoms with Crippen molar-refractivity contribution < 1.29 is 27.4 Å². The summed E-state index contributed by atoms with van der Waals surface area (Å²) in [5, 5.41) is 0.